The van der Waals surface area contributed by atoms with Crippen LogP contribution in [0.25, 0.3) is 0 Å². The minimum atomic E-state index is -0.352. The molecule has 28 heavy (non-hydrogen) atoms. The van der Waals surface area contributed by atoms with Gasteiger partial charge in [-0.1, -0.05) is 6.92 Å². The van der Waals surface area contributed by atoms with Crippen molar-refractivity contribution >= 4 is 17.3 Å². The van der Waals surface area contributed by atoms with Crippen molar-refractivity contribution in [2.24, 2.45) is 11.8 Å². The first-order valence-corrected chi connectivity index (χ1v) is 10.5. The van der Waals surface area contributed by atoms with E-state index >= 15 is 0 Å². The fourth-order valence-corrected chi connectivity index (χ4v) is 4.43. The number of rotatable bonds is 6. The van der Waals surface area contributed by atoms with Crippen molar-refractivity contribution in [1.29, 1.82) is 0 Å². The molecular formula is C21H32N4O3. The second kappa shape index (κ2) is 9.37. The molecule has 7 heteroatoms. The summed E-state index contributed by atoms with van der Waals surface area (Å²) in [7, 11) is 1.96. The lowest BCUT2D eigenvalue weighted by Gasteiger charge is -2.33. The number of nitrogens with zero attached hydrogens (tertiary/aromatic N) is 3. The van der Waals surface area contributed by atoms with Crippen LogP contribution in [0.5, 0.6) is 0 Å². The van der Waals surface area contributed by atoms with E-state index in [4.69, 9.17) is 0 Å². The summed E-state index contributed by atoms with van der Waals surface area (Å²) in [5.41, 5.74) is 1.11. The first-order valence-electron chi connectivity index (χ1n) is 10.5. The number of piperidine rings is 2. The van der Waals surface area contributed by atoms with E-state index in [0.29, 0.717) is 23.1 Å². The fourth-order valence-electron chi connectivity index (χ4n) is 4.43. The number of hydrogen-bond donors (Lipinski definition) is 1. The number of anilines is 1. The number of benzene rings is 1. The van der Waals surface area contributed by atoms with Crippen molar-refractivity contribution < 1.29 is 9.72 Å². The molecular weight excluding hydrogens is 356 g/mol. The predicted octanol–water partition coefficient (Wildman–Crippen LogP) is 3.29. The molecule has 7 nitrogen and oxygen atoms in total. The van der Waals surface area contributed by atoms with Gasteiger partial charge in [-0.05, 0) is 69.7 Å². The van der Waals surface area contributed by atoms with Crippen LogP contribution in [0.3, 0.4) is 0 Å². The average molecular weight is 389 g/mol. The SMILES string of the molecule is CNCCC1CCN(C(=O)c2ccc(N3CCCC(C)C3)c([N+](=O)[O-])c2)CC1. The number of likely N-dealkylation sites (tertiary alicyclic amines) is 1. The van der Waals surface area contributed by atoms with Crippen molar-refractivity contribution in [3.05, 3.63) is 33.9 Å². The largest absolute Gasteiger partial charge is 0.366 e. The Balaban J connectivity index is 1.71. The fraction of sp³-hybridized carbons (Fsp3) is 0.667. The molecule has 2 fully saturated rings. The highest BCUT2D eigenvalue weighted by Gasteiger charge is 2.28. The van der Waals surface area contributed by atoms with Crippen LogP contribution in [0.1, 0.15) is 49.4 Å². The van der Waals surface area contributed by atoms with Crippen molar-refractivity contribution in [3.63, 3.8) is 0 Å². The third-order valence-electron chi connectivity index (χ3n) is 6.12. The van der Waals surface area contributed by atoms with Gasteiger partial charge in [0.1, 0.15) is 5.69 Å². The zero-order valence-electron chi connectivity index (χ0n) is 17.0. The quantitative estimate of drug-likeness (QED) is 0.598. The van der Waals surface area contributed by atoms with E-state index in [2.05, 4.69) is 17.1 Å². The first kappa shape index (κ1) is 20.6. The first-order chi connectivity index (χ1) is 13.5. The molecule has 154 valence electrons. The smallest absolute Gasteiger partial charge is 0.293 e. The maximum Gasteiger partial charge on any atom is 0.293 e. The summed E-state index contributed by atoms with van der Waals surface area (Å²) in [6.07, 6.45) is 5.33. The van der Waals surface area contributed by atoms with E-state index in [9.17, 15) is 14.9 Å². The molecule has 2 saturated heterocycles. The van der Waals surface area contributed by atoms with Crippen LogP contribution in [-0.4, -0.2) is 55.5 Å². The van der Waals surface area contributed by atoms with Crippen molar-refractivity contribution in [3.8, 4) is 0 Å². The lowest BCUT2D eigenvalue weighted by Crippen LogP contribution is -2.39. The number of nitro benzene ring substituents is 1. The molecule has 0 aromatic heterocycles. The van der Waals surface area contributed by atoms with E-state index in [1.54, 1.807) is 12.1 Å². The normalized spacial score (nSPS) is 21.0. The van der Waals surface area contributed by atoms with Crippen LogP contribution in [0, 0.1) is 22.0 Å². The van der Waals surface area contributed by atoms with Gasteiger partial charge in [0.25, 0.3) is 11.6 Å². The molecule has 2 aliphatic rings. The van der Waals surface area contributed by atoms with Crippen LogP contribution in [0.2, 0.25) is 0 Å². The molecule has 0 saturated carbocycles. The number of amides is 1. The van der Waals surface area contributed by atoms with E-state index in [-0.39, 0.29) is 16.5 Å². The number of hydrogen-bond acceptors (Lipinski definition) is 5. The lowest BCUT2D eigenvalue weighted by molar-refractivity contribution is -0.384. The van der Waals surface area contributed by atoms with Crippen LogP contribution in [0.4, 0.5) is 11.4 Å². The van der Waals surface area contributed by atoms with Gasteiger partial charge in [0.05, 0.1) is 4.92 Å². The summed E-state index contributed by atoms with van der Waals surface area (Å²) in [4.78, 5) is 28.2. The summed E-state index contributed by atoms with van der Waals surface area (Å²) in [6, 6.07) is 5.00. The molecule has 1 atom stereocenters. The van der Waals surface area contributed by atoms with Gasteiger partial charge >= 0.3 is 0 Å². The summed E-state index contributed by atoms with van der Waals surface area (Å²) in [5, 5.41) is 14.9. The Bertz CT molecular complexity index is 701. The van der Waals surface area contributed by atoms with Crippen LogP contribution < -0.4 is 10.2 Å². The molecule has 0 aliphatic carbocycles. The lowest BCUT2D eigenvalue weighted by atomic mass is 9.93. The van der Waals surface area contributed by atoms with E-state index in [0.717, 1.165) is 64.8 Å². The Morgan fingerprint density at radius 3 is 2.64 bits per heavy atom. The molecule has 1 unspecified atom stereocenters. The van der Waals surface area contributed by atoms with Crippen LogP contribution in [-0.2, 0) is 0 Å². The molecule has 0 bridgehead atoms. The average Bonchev–Trinajstić information content (AvgIpc) is 2.71. The molecule has 3 rings (SSSR count). The highest BCUT2D eigenvalue weighted by Crippen LogP contribution is 2.33. The van der Waals surface area contributed by atoms with E-state index < -0.39 is 0 Å². The van der Waals surface area contributed by atoms with Gasteiger partial charge < -0.3 is 15.1 Å². The summed E-state index contributed by atoms with van der Waals surface area (Å²) < 4.78 is 0. The van der Waals surface area contributed by atoms with Gasteiger partial charge in [0, 0.05) is 37.8 Å². The van der Waals surface area contributed by atoms with Crippen molar-refractivity contribution in [2.45, 2.75) is 39.0 Å². The highest BCUT2D eigenvalue weighted by molar-refractivity contribution is 5.96. The van der Waals surface area contributed by atoms with Gasteiger partial charge in [-0.25, -0.2) is 0 Å². The second-order valence-corrected chi connectivity index (χ2v) is 8.28. The summed E-state index contributed by atoms with van der Waals surface area (Å²) >= 11 is 0. The Hall–Kier alpha value is -2.15. The Morgan fingerprint density at radius 1 is 1.25 bits per heavy atom. The van der Waals surface area contributed by atoms with Gasteiger partial charge in [0.15, 0.2) is 0 Å². The third-order valence-corrected chi connectivity index (χ3v) is 6.12. The molecule has 2 heterocycles. The Labute approximate surface area is 167 Å². The summed E-state index contributed by atoms with van der Waals surface area (Å²) in [6.45, 7) is 6.29. The van der Waals surface area contributed by atoms with Gasteiger partial charge in [-0.15, -0.1) is 0 Å². The monoisotopic (exact) mass is 388 g/mol. The molecule has 0 spiro atoms. The number of carbonyl (C=O) groups is 1. The van der Waals surface area contributed by atoms with Crippen molar-refractivity contribution in [1.82, 2.24) is 10.2 Å². The second-order valence-electron chi connectivity index (χ2n) is 8.28. The van der Waals surface area contributed by atoms with Crippen molar-refractivity contribution in [2.75, 3.05) is 44.7 Å². The zero-order chi connectivity index (χ0) is 20.1. The molecule has 1 aromatic rings. The standard InChI is InChI=1S/C21H32N4O3/c1-16-4-3-11-24(15-16)19-6-5-18(14-20(19)25(27)28)21(26)23-12-8-17(9-13-23)7-10-22-2/h5-6,14,16-17,22H,3-4,7-13,15H2,1-2H3. The maximum atomic E-state index is 12.9. The molecule has 1 amide bonds. The predicted molar refractivity (Wildman–Crippen MR) is 111 cm³/mol. The third kappa shape index (κ3) is 4.82. The molecule has 1 aromatic carbocycles. The highest BCUT2D eigenvalue weighted by atomic mass is 16.6. The topological polar surface area (TPSA) is 78.7 Å². The minimum Gasteiger partial charge on any atom is -0.366 e. The zero-order valence-corrected chi connectivity index (χ0v) is 17.0. The maximum absolute atomic E-state index is 12.9. The Morgan fingerprint density at radius 2 is 2.00 bits per heavy atom. The number of carbonyl (C=O) groups excluding carboxylic acids is 1. The van der Waals surface area contributed by atoms with Gasteiger partial charge in [-0.3, -0.25) is 14.9 Å². The Kier molecular flexibility index (Phi) is 6.88. The van der Waals surface area contributed by atoms with Crippen LogP contribution >= 0.6 is 0 Å². The molecule has 1 N–H and O–H groups in total. The molecule has 2 aliphatic heterocycles. The van der Waals surface area contributed by atoms with Gasteiger partial charge in [0.2, 0.25) is 0 Å². The van der Waals surface area contributed by atoms with Gasteiger partial charge in [-0.2, -0.15) is 0 Å². The molecule has 0 radical (unpaired) electrons. The van der Waals surface area contributed by atoms with E-state index in [1.807, 2.05) is 11.9 Å². The number of nitro groups is 1. The minimum absolute atomic E-state index is 0.0452. The number of nitrogens with one attached hydrogen (secondary N) is 1. The van der Waals surface area contributed by atoms with E-state index in [1.165, 1.54) is 6.07 Å². The van der Waals surface area contributed by atoms with Crippen LogP contribution in [0.15, 0.2) is 18.2 Å². The summed E-state index contributed by atoms with van der Waals surface area (Å²) in [5.74, 6) is 1.09.